The lowest BCUT2D eigenvalue weighted by Crippen LogP contribution is -2.10. The number of rotatable bonds is 2. The van der Waals surface area contributed by atoms with Crippen molar-refractivity contribution < 1.29 is 13.2 Å². The van der Waals surface area contributed by atoms with Gasteiger partial charge in [0.2, 0.25) is 0 Å². The average molecular weight is 344 g/mol. The maximum atomic E-state index is 12.7. The third-order valence-corrected chi connectivity index (χ3v) is 6.44. The third-order valence-electron chi connectivity index (χ3n) is 6.44. The van der Waals surface area contributed by atoms with Gasteiger partial charge in [0.15, 0.2) is 0 Å². The summed E-state index contributed by atoms with van der Waals surface area (Å²) in [5.74, 6) is 3.48. The van der Waals surface area contributed by atoms with Gasteiger partial charge in [-0.05, 0) is 73.0 Å². The van der Waals surface area contributed by atoms with Crippen LogP contribution in [0.4, 0.5) is 13.2 Å². The molecule has 3 heteroatoms. The van der Waals surface area contributed by atoms with Crippen molar-refractivity contribution in [3.63, 3.8) is 0 Å². The van der Waals surface area contributed by atoms with Crippen molar-refractivity contribution in [2.75, 3.05) is 0 Å². The Hall–Kier alpha value is -1.73. The molecule has 2 fully saturated rings. The van der Waals surface area contributed by atoms with Crippen LogP contribution in [0.15, 0.2) is 47.7 Å². The first-order valence-corrected chi connectivity index (χ1v) is 9.27. The highest BCUT2D eigenvalue weighted by Crippen LogP contribution is 2.55. The van der Waals surface area contributed by atoms with Crippen LogP contribution in [0, 0.1) is 17.8 Å². The highest BCUT2D eigenvalue weighted by Gasteiger charge is 2.47. The summed E-state index contributed by atoms with van der Waals surface area (Å²) in [6, 6.07) is 8.43. The zero-order chi connectivity index (χ0) is 17.6. The van der Waals surface area contributed by atoms with Gasteiger partial charge in [-0.15, -0.1) is 5.73 Å². The molecule has 3 aliphatic rings. The number of allylic oxidation sites excluding steroid dienone is 3. The van der Waals surface area contributed by atoms with E-state index in [1.54, 1.807) is 0 Å². The van der Waals surface area contributed by atoms with E-state index in [0.29, 0.717) is 5.92 Å². The molecule has 0 amide bonds. The Kier molecular flexibility index (Phi) is 4.16. The van der Waals surface area contributed by atoms with E-state index in [1.807, 2.05) is 12.1 Å². The zero-order valence-corrected chi connectivity index (χ0v) is 14.4. The van der Waals surface area contributed by atoms with Crippen molar-refractivity contribution in [3.05, 3.63) is 58.8 Å². The molecule has 0 bridgehead atoms. The monoisotopic (exact) mass is 344 g/mol. The first-order valence-electron chi connectivity index (χ1n) is 9.27. The summed E-state index contributed by atoms with van der Waals surface area (Å²) in [6.45, 7) is 2.38. The lowest BCUT2D eigenvalue weighted by molar-refractivity contribution is -0.0884. The van der Waals surface area contributed by atoms with Crippen LogP contribution in [0.5, 0.6) is 0 Å². The maximum absolute atomic E-state index is 12.7. The van der Waals surface area contributed by atoms with Gasteiger partial charge >= 0.3 is 6.18 Å². The minimum Gasteiger partial charge on any atom is -0.166 e. The van der Waals surface area contributed by atoms with E-state index in [-0.39, 0.29) is 6.42 Å². The first-order chi connectivity index (χ1) is 11.9. The molecule has 0 saturated heterocycles. The van der Waals surface area contributed by atoms with Crippen LogP contribution < -0.4 is 0 Å². The van der Waals surface area contributed by atoms with E-state index < -0.39 is 11.7 Å². The predicted octanol–water partition coefficient (Wildman–Crippen LogP) is 6.66. The molecule has 4 rings (SSSR count). The van der Waals surface area contributed by atoms with Gasteiger partial charge in [-0.2, -0.15) is 13.2 Å². The van der Waals surface area contributed by atoms with Crippen molar-refractivity contribution in [3.8, 4) is 0 Å². The van der Waals surface area contributed by atoms with Gasteiger partial charge in [0.25, 0.3) is 0 Å². The fourth-order valence-corrected chi connectivity index (χ4v) is 4.71. The van der Waals surface area contributed by atoms with E-state index in [2.05, 4.69) is 24.8 Å². The van der Waals surface area contributed by atoms with Crippen molar-refractivity contribution in [2.24, 2.45) is 17.8 Å². The highest BCUT2D eigenvalue weighted by molar-refractivity contribution is 5.68. The molecule has 0 aliphatic heterocycles. The second-order valence-corrected chi connectivity index (χ2v) is 7.79. The maximum Gasteiger partial charge on any atom is 0.416 e. The highest BCUT2D eigenvalue weighted by atomic mass is 19.4. The zero-order valence-electron chi connectivity index (χ0n) is 14.4. The Balaban J connectivity index is 1.45. The van der Waals surface area contributed by atoms with Gasteiger partial charge in [-0.3, -0.25) is 0 Å². The van der Waals surface area contributed by atoms with Crippen molar-refractivity contribution in [2.45, 2.75) is 51.1 Å². The Labute approximate surface area is 147 Å². The summed E-state index contributed by atoms with van der Waals surface area (Å²) < 4.78 is 38.0. The lowest BCUT2D eigenvalue weighted by atomic mass is 9.88. The predicted molar refractivity (Wildman–Crippen MR) is 94.0 cm³/mol. The second-order valence-electron chi connectivity index (χ2n) is 7.79. The molecular formula is C22H23F3. The molecule has 0 radical (unpaired) electrons. The molecular weight excluding hydrogens is 321 g/mol. The van der Waals surface area contributed by atoms with E-state index in [1.165, 1.54) is 37.3 Å². The molecule has 1 aromatic carbocycles. The topological polar surface area (TPSA) is 0 Å². The molecule has 2 saturated carbocycles. The van der Waals surface area contributed by atoms with Crippen LogP contribution >= 0.6 is 0 Å². The van der Waals surface area contributed by atoms with Crippen molar-refractivity contribution >= 4 is 5.57 Å². The normalized spacial score (nSPS) is 31.7. The summed E-state index contributed by atoms with van der Waals surface area (Å²) in [6.07, 6.45) is 3.55. The Bertz CT molecular complexity index is 730. The summed E-state index contributed by atoms with van der Waals surface area (Å²) in [5, 5.41) is 0. The molecule has 132 valence electrons. The van der Waals surface area contributed by atoms with Crippen molar-refractivity contribution in [1.82, 2.24) is 0 Å². The second kappa shape index (κ2) is 6.21. The molecule has 3 aliphatic carbocycles. The smallest absolute Gasteiger partial charge is 0.166 e. The number of halogens is 3. The number of hydrogen-bond donors (Lipinski definition) is 0. The summed E-state index contributed by atoms with van der Waals surface area (Å²) in [4.78, 5) is 0. The van der Waals surface area contributed by atoms with Gasteiger partial charge in [0, 0.05) is 5.57 Å². The van der Waals surface area contributed by atoms with Crippen molar-refractivity contribution in [1.29, 1.82) is 0 Å². The van der Waals surface area contributed by atoms with Gasteiger partial charge in [-0.25, -0.2) is 0 Å². The largest absolute Gasteiger partial charge is 0.416 e. The minimum atomic E-state index is -4.28. The average Bonchev–Trinajstić information content (AvgIpc) is 3.29. The lowest BCUT2D eigenvalue weighted by Gasteiger charge is -2.17. The molecule has 25 heavy (non-hydrogen) atoms. The number of fused-ring (bicyclic) bond motifs is 1. The van der Waals surface area contributed by atoms with Gasteiger partial charge in [0.05, 0.1) is 5.57 Å². The molecule has 0 spiro atoms. The first kappa shape index (κ1) is 16.7. The van der Waals surface area contributed by atoms with E-state index in [4.69, 9.17) is 0 Å². The van der Waals surface area contributed by atoms with Crippen LogP contribution in [0.1, 0.15) is 56.1 Å². The van der Waals surface area contributed by atoms with Gasteiger partial charge in [0.1, 0.15) is 0 Å². The van der Waals surface area contributed by atoms with Crippen LogP contribution in [0.25, 0.3) is 5.57 Å². The fourth-order valence-electron chi connectivity index (χ4n) is 4.71. The Morgan fingerprint density at radius 3 is 2.12 bits per heavy atom. The van der Waals surface area contributed by atoms with Crippen LogP contribution in [0.3, 0.4) is 0 Å². The molecule has 0 nitrogen and oxygen atoms in total. The summed E-state index contributed by atoms with van der Waals surface area (Å²) in [7, 11) is 0. The van der Waals surface area contributed by atoms with E-state index in [9.17, 15) is 13.2 Å². The molecule has 4 atom stereocenters. The summed E-state index contributed by atoms with van der Waals surface area (Å²) in [5.41, 5.74) is 5.41. The quantitative estimate of drug-likeness (QED) is 0.526. The standard InChI is InChI=1S/C22H23F3/c1-14-20-12-8-18(9-13-21(14)20)16-4-2-15(3-5-16)17-6-10-19(11-7-17)22(23,24)25/h2-5,10-11,14,18,20-21H,6,8-9,12-13H2,1H3/t14?,18?,20-,21?/m0/s1. The van der Waals surface area contributed by atoms with Gasteiger partial charge < -0.3 is 0 Å². The number of benzene rings is 1. The molecule has 0 heterocycles. The van der Waals surface area contributed by atoms with Crippen LogP contribution in [-0.4, -0.2) is 6.18 Å². The summed E-state index contributed by atoms with van der Waals surface area (Å²) >= 11 is 0. The molecule has 3 unspecified atom stereocenters. The molecule has 0 aromatic heterocycles. The van der Waals surface area contributed by atoms with E-state index >= 15 is 0 Å². The minimum absolute atomic E-state index is 0.287. The van der Waals surface area contributed by atoms with E-state index in [0.717, 1.165) is 35.0 Å². The number of hydrogen-bond acceptors (Lipinski definition) is 0. The molecule has 0 N–H and O–H groups in total. The fraction of sp³-hybridized carbons (Fsp3) is 0.500. The third kappa shape index (κ3) is 3.35. The van der Waals surface area contributed by atoms with Gasteiger partial charge in [-0.1, -0.05) is 37.3 Å². The van der Waals surface area contributed by atoms with Crippen LogP contribution in [-0.2, 0) is 0 Å². The Morgan fingerprint density at radius 2 is 1.60 bits per heavy atom. The Morgan fingerprint density at radius 1 is 0.960 bits per heavy atom. The molecule has 1 aromatic rings. The SMILES string of the molecule is CC1C2CCC(c3ccc(C4=C=CC(C(F)(F)F)=CC4)cc3)CC[C@@H]12. The number of alkyl halides is 3. The van der Waals surface area contributed by atoms with Crippen LogP contribution in [0.2, 0.25) is 0 Å².